The van der Waals surface area contributed by atoms with E-state index in [2.05, 4.69) is 25.8 Å². The van der Waals surface area contributed by atoms with Crippen molar-refractivity contribution in [2.24, 2.45) is 0 Å². The molecule has 1 fully saturated rings. The number of fused-ring (bicyclic) bond motifs is 1. The van der Waals surface area contributed by atoms with E-state index in [-0.39, 0.29) is 17.5 Å². The van der Waals surface area contributed by atoms with Gasteiger partial charge in [-0.3, -0.25) is 9.59 Å². The Morgan fingerprint density at radius 2 is 1.83 bits per heavy atom. The standard InChI is InChI=1S/C20H18N8O2/c29-19(14-4-3-5-16(12-14)27-13-21-23-25-27)26-10-8-15(9-11-26)28-20(30)17-6-1-2-7-18(17)22-24-28/h1-7,12-13,15H,8-11H2. The van der Waals surface area contributed by atoms with Crippen LogP contribution in [0.4, 0.5) is 0 Å². The maximum atomic E-state index is 13.0. The Morgan fingerprint density at radius 1 is 1.00 bits per heavy atom. The van der Waals surface area contributed by atoms with Crippen LogP contribution in [-0.4, -0.2) is 59.1 Å². The van der Waals surface area contributed by atoms with Crippen molar-refractivity contribution in [2.45, 2.75) is 18.9 Å². The molecule has 10 heteroatoms. The molecule has 2 aromatic heterocycles. The van der Waals surface area contributed by atoms with Crippen LogP contribution in [0.25, 0.3) is 16.6 Å². The molecule has 0 atom stereocenters. The molecule has 0 aliphatic carbocycles. The van der Waals surface area contributed by atoms with Crippen LogP contribution in [0.5, 0.6) is 0 Å². The fourth-order valence-electron chi connectivity index (χ4n) is 3.80. The lowest BCUT2D eigenvalue weighted by Crippen LogP contribution is -2.41. The summed E-state index contributed by atoms with van der Waals surface area (Å²) in [6, 6.07) is 14.3. The van der Waals surface area contributed by atoms with Crippen molar-refractivity contribution >= 4 is 16.8 Å². The fraction of sp³-hybridized carbons (Fsp3) is 0.250. The second-order valence-corrected chi connectivity index (χ2v) is 7.18. The van der Waals surface area contributed by atoms with E-state index in [1.54, 1.807) is 35.2 Å². The topological polar surface area (TPSA) is 112 Å². The molecule has 150 valence electrons. The first-order valence-electron chi connectivity index (χ1n) is 9.67. The Morgan fingerprint density at radius 3 is 2.63 bits per heavy atom. The molecule has 30 heavy (non-hydrogen) atoms. The Bertz CT molecular complexity index is 1260. The zero-order chi connectivity index (χ0) is 20.5. The SMILES string of the molecule is O=C(c1cccc(-n2cnnn2)c1)N1CCC(n2nnc3ccccc3c2=O)CC1. The molecule has 0 unspecified atom stereocenters. The van der Waals surface area contributed by atoms with Crippen LogP contribution in [0.3, 0.4) is 0 Å². The summed E-state index contributed by atoms with van der Waals surface area (Å²) in [6.07, 6.45) is 2.77. The van der Waals surface area contributed by atoms with E-state index in [1.807, 2.05) is 18.2 Å². The van der Waals surface area contributed by atoms with Crippen LogP contribution in [0.2, 0.25) is 0 Å². The van der Waals surface area contributed by atoms with Gasteiger partial charge in [0, 0.05) is 18.7 Å². The lowest BCUT2D eigenvalue weighted by atomic mass is 10.0. The normalized spacial score (nSPS) is 14.9. The number of likely N-dealkylation sites (tertiary alicyclic amines) is 1. The molecular formula is C20H18N8O2. The number of rotatable bonds is 3. The van der Waals surface area contributed by atoms with Crippen LogP contribution in [0.1, 0.15) is 29.2 Å². The first kappa shape index (κ1) is 18.1. The van der Waals surface area contributed by atoms with E-state index in [4.69, 9.17) is 0 Å². The number of benzene rings is 2. The van der Waals surface area contributed by atoms with E-state index in [9.17, 15) is 9.59 Å². The van der Waals surface area contributed by atoms with Gasteiger partial charge in [-0.15, -0.1) is 10.2 Å². The second-order valence-electron chi connectivity index (χ2n) is 7.18. The first-order valence-corrected chi connectivity index (χ1v) is 9.67. The molecule has 3 heterocycles. The van der Waals surface area contributed by atoms with Gasteiger partial charge in [-0.05, 0) is 53.6 Å². The van der Waals surface area contributed by atoms with Crippen molar-refractivity contribution in [1.29, 1.82) is 0 Å². The maximum absolute atomic E-state index is 13.0. The minimum absolute atomic E-state index is 0.0553. The minimum Gasteiger partial charge on any atom is -0.338 e. The summed E-state index contributed by atoms with van der Waals surface area (Å²) < 4.78 is 2.97. The first-order chi connectivity index (χ1) is 14.7. The monoisotopic (exact) mass is 402 g/mol. The highest BCUT2D eigenvalue weighted by atomic mass is 16.2. The zero-order valence-electron chi connectivity index (χ0n) is 16.0. The van der Waals surface area contributed by atoms with Gasteiger partial charge in [-0.2, -0.15) is 0 Å². The number of nitrogens with zero attached hydrogens (tertiary/aromatic N) is 8. The average Bonchev–Trinajstić information content (AvgIpc) is 3.35. The van der Waals surface area contributed by atoms with Gasteiger partial charge in [-0.1, -0.05) is 23.4 Å². The fourth-order valence-corrected chi connectivity index (χ4v) is 3.80. The molecule has 4 aromatic rings. The van der Waals surface area contributed by atoms with Crippen molar-refractivity contribution in [3.8, 4) is 5.69 Å². The van der Waals surface area contributed by atoms with E-state index in [1.165, 1.54) is 15.7 Å². The molecule has 0 saturated carbocycles. The second kappa shape index (κ2) is 7.47. The molecule has 0 radical (unpaired) electrons. The number of aromatic nitrogens is 7. The number of hydrogen-bond acceptors (Lipinski definition) is 7. The summed E-state index contributed by atoms with van der Waals surface area (Å²) in [6.45, 7) is 1.08. The molecule has 1 amide bonds. The van der Waals surface area contributed by atoms with E-state index in [0.29, 0.717) is 42.4 Å². The number of amides is 1. The zero-order valence-corrected chi connectivity index (χ0v) is 16.0. The quantitative estimate of drug-likeness (QED) is 0.507. The van der Waals surface area contributed by atoms with Gasteiger partial charge in [0.25, 0.3) is 11.5 Å². The minimum atomic E-state index is -0.139. The number of piperidine rings is 1. The van der Waals surface area contributed by atoms with Gasteiger partial charge in [0.1, 0.15) is 11.8 Å². The van der Waals surface area contributed by atoms with E-state index in [0.717, 1.165) is 5.69 Å². The average molecular weight is 402 g/mol. The third-order valence-electron chi connectivity index (χ3n) is 5.40. The number of hydrogen-bond donors (Lipinski definition) is 0. The van der Waals surface area contributed by atoms with Crippen LogP contribution >= 0.6 is 0 Å². The number of carbonyl (C=O) groups is 1. The third kappa shape index (κ3) is 3.21. The van der Waals surface area contributed by atoms with Crippen molar-refractivity contribution in [3.63, 3.8) is 0 Å². The lowest BCUT2D eigenvalue weighted by molar-refractivity contribution is 0.0687. The van der Waals surface area contributed by atoms with Gasteiger partial charge in [0.2, 0.25) is 0 Å². The summed E-state index contributed by atoms with van der Waals surface area (Å²) in [7, 11) is 0. The van der Waals surface area contributed by atoms with Crippen LogP contribution in [0.15, 0.2) is 59.7 Å². The molecule has 1 aliphatic heterocycles. The van der Waals surface area contributed by atoms with Gasteiger partial charge in [0.15, 0.2) is 0 Å². The molecular weight excluding hydrogens is 384 g/mol. The largest absolute Gasteiger partial charge is 0.338 e. The van der Waals surface area contributed by atoms with Gasteiger partial charge in [-0.25, -0.2) is 9.36 Å². The molecule has 5 rings (SSSR count). The lowest BCUT2D eigenvalue weighted by Gasteiger charge is -2.32. The Kier molecular flexibility index (Phi) is 4.51. The highest BCUT2D eigenvalue weighted by molar-refractivity contribution is 5.94. The van der Waals surface area contributed by atoms with Crippen LogP contribution < -0.4 is 5.56 Å². The van der Waals surface area contributed by atoms with Gasteiger partial charge >= 0.3 is 0 Å². The molecule has 1 saturated heterocycles. The highest BCUT2D eigenvalue weighted by Crippen LogP contribution is 2.22. The van der Waals surface area contributed by atoms with Crippen LogP contribution in [0, 0.1) is 0 Å². The number of carbonyl (C=O) groups excluding carboxylic acids is 1. The molecule has 0 spiro atoms. The molecule has 2 aromatic carbocycles. The van der Waals surface area contributed by atoms with Crippen molar-refractivity contribution in [1.82, 2.24) is 40.1 Å². The number of tetrazole rings is 1. The van der Waals surface area contributed by atoms with E-state index < -0.39 is 0 Å². The summed E-state index contributed by atoms with van der Waals surface area (Å²) in [5.41, 5.74) is 1.75. The molecule has 1 aliphatic rings. The Balaban J connectivity index is 1.32. The van der Waals surface area contributed by atoms with Crippen molar-refractivity contribution in [3.05, 3.63) is 70.8 Å². The molecule has 0 bridgehead atoms. The van der Waals surface area contributed by atoms with Crippen LogP contribution in [-0.2, 0) is 0 Å². The Hall–Kier alpha value is -3.95. The van der Waals surface area contributed by atoms with Gasteiger partial charge < -0.3 is 4.90 Å². The van der Waals surface area contributed by atoms with E-state index >= 15 is 0 Å². The summed E-state index contributed by atoms with van der Waals surface area (Å²) in [5, 5.41) is 20.0. The predicted octanol–water partition coefficient (Wildman–Crippen LogP) is 1.24. The maximum Gasteiger partial charge on any atom is 0.277 e. The Labute approximate surface area is 170 Å². The summed E-state index contributed by atoms with van der Waals surface area (Å²) in [5.74, 6) is -0.0553. The molecule has 0 N–H and O–H groups in total. The summed E-state index contributed by atoms with van der Waals surface area (Å²) in [4.78, 5) is 27.6. The molecule has 10 nitrogen and oxygen atoms in total. The predicted molar refractivity (Wildman–Crippen MR) is 107 cm³/mol. The van der Waals surface area contributed by atoms with Crippen molar-refractivity contribution < 1.29 is 4.79 Å². The highest BCUT2D eigenvalue weighted by Gasteiger charge is 2.26. The van der Waals surface area contributed by atoms with Crippen molar-refractivity contribution in [2.75, 3.05) is 13.1 Å². The third-order valence-corrected chi connectivity index (χ3v) is 5.40. The summed E-state index contributed by atoms with van der Waals surface area (Å²) >= 11 is 0. The smallest absolute Gasteiger partial charge is 0.277 e. The van der Waals surface area contributed by atoms with Gasteiger partial charge in [0.05, 0.1) is 17.1 Å².